The van der Waals surface area contributed by atoms with E-state index in [4.69, 9.17) is 4.74 Å². The number of carbonyl (C=O) groups is 1. The zero-order chi connectivity index (χ0) is 20.8. The third-order valence-electron chi connectivity index (χ3n) is 5.32. The summed E-state index contributed by atoms with van der Waals surface area (Å²) in [6, 6.07) is 12.3. The zero-order valence-corrected chi connectivity index (χ0v) is 17.5. The Morgan fingerprint density at radius 2 is 2.00 bits per heavy atom. The number of hydrogen-bond donors (Lipinski definition) is 1. The van der Waals surface area contributed by atoms with Gasteiger partial charge in [-0.05, 0) is 69.4 Å². The second kappa shape index (κ2) is 9.74. The van der Waals surface area contributed by atoms with Gasteiger partial charge in [0.2, 0.25) is 0 Å². The number of anilines is 2. The molecular formula is C23H30FN3O2. The predicted molar refractivity (Wildman–Crippen MR) is 116 cm³/mol. The minimum atomic E-state index is -0.318. The van der Waals surface area contributed by atoms with Crippen LogP contribution in [0.5, 0.6) is 5.75 Å². The molecule has 1 heterocycles. The molecule has 1 atom stereocenters. The normalized spacial score (nSPS) is 16.3. The topological polar surface area (TPSA) is 44.8 Å². The van der Waals surface area contributed by atoms with Crippen LogP contribution >= 0.6 is 0 Å². The molecule has 1 amide bonds. The molecule has 1 unspecified atom stereocenters. The van der Waals surface area contributed by atoms with Crippen molar-refractivity contribution in [2.24, 2.45) is 0 Å². The molecule has 1 fully saturated rings. The van der Waals surface area contributed by atoms with Crippen LogP contribution in [0.1, 0.15) is 36.5 Å². The van der Waals surface area contributed by atoms with E-state index in [9.17, 15) is 9.18 Å². The Hall–Kier alpha value is -2.60. The Morgan fingerprint density at radius 1 is 1.24 bits per heavy atom. The average molecular weight is 400 g/mol. The molecule has 3 rings (SSSR count). The molecule has 1 aliphatic heterocycles. The molecule has 2 aromatic rings. The van der Waals surface area contributed by atoms with Gasteiger partial charge >= 0.3 is 0 Å². The van der Waals surface area contributed by atoms with Crippen LogP contribution in [0.2, 0.25) is 0 Å². The highest BCUT2D eigenvalue weighted by atomic mass is 19.1. The fourth-order valence-electron chi connectivity index (χ4n) is 3.46. The molecule has 0 aromatic heterocycles. The third kappa shape index (κ3) is 5.48. The number of halogens is 1. The fraction of sp³-hybridized carbons (Fsp3) is 0.435. The van der Waals surface area contributed by atoms with Crippen molar-refractivity contribution in [1.29, 1.82) is 0 Å². The third-order valence-corrected chi connectivity index (χ3v) is 5.32. The number of nitrogens with zero attached hydrogens (tertiary/aromatic N) is 2. The van der Waals surface area contributed by atoms with Gasteiger partial charge in [0.15, 0.2) is 0 Å². The predicted octanol–water partition coefficient (Wildman–Crippen LogP) is 4.40. The van der Waals surface area contributed by atoms with Gasteiger partial charge in [0.1, 0.15) is 11.6 Å². The summed E-state index contributed by atoms with van der Waals surface area (Å²) in [6.07, 6.45) is 3.09. The second-order valence-corrected chi connectivity index (χ2v) is 7.70. The summed E-state index contributed by atoms with van der Waals surface area (Å²) >= 11 is 0. The molecule has 29 heavy (non-hydrogen) atoms. The molecule has 0 saturated carbocycles. The highest BCUT2D eigenvalue weighted by Crippen LogP contribution is 2.27. The number of ether oxygens (including phenoxy) is 1. The number of unbranched alkanes of at least 4 members (excludes halogenated alkanes) is 1. The summed E-state index contributed by atoms with van der Waals surface area (Å²) < 4.78 is 20.3. The van der Waals surface area contributed by atoms with Crippen molar-refractivity contribution < 1.29 is 13.9 Å². The van der Waals surface area contributed by atoms with E-state index in [0.29, 0.717) is 29.6 Å². The van der Waals surface area contributed by atoms with Crippen molar-refractivity contribution in [1.82, 2.24) is 4.90 Å². The van der Waals surface area contributed by atoms with E-state index in [0.717, 1.165) is 38.1 Å². The van der Waals surface area contributed by atoms with Crippen molar-refractivity contribution in [2.75, 3.05) is 44.0 Å². The Bertz CT molecular complexity index is 823. The lowest BCUT2D eigenvalue weighted by atomic mass is 10.2. The summed E-state index contributed by atoms with van der Waals surface area (Å²) in [4.78, 5) is 16.7. The van der Waals surface area contributed by atoms with E-state index in [2.05, 4.69) is 22.0 Å². The molecular weight excluding hydrogens is 369 g/mol. The summed E-state index contributed by atoms with van der Waals surface area (Å²) in [7, 11) is 4.10. The first kappa shape index (κ1) is 21.1. The lowest BCUT2D eigenvalue weighted by Crippen LogP contribution is -2.31. The van der Waals surface area contributed by atoms with Crippen LogP contribution < -0.4 is 15.0 Å². The lowest BCUT2D eigenvalue weighted by Gasteiger charge is -2.22. The van der Waals surface area contributed by atoms with E-state index in [1.165, 1.54) is 6.07 Å². The van der Waals surface area contributed by atoms with Crippen molar-refractivity contribution in [2.45, 2.75) is 32.2 Å². The van der Waals surface area contributed by atoms with Crippen molar-refractivity contribution >= 4 is 17.3 Å². The minimum Gasteiger partial charge on any atom is -0.494 e. The summed E-state index contributed by atoms with van der Waals surface area (Å²) in [5.74, 6) is 0.153. The summed E-state index contributed by atoms with van der Waals surface area (Å²) in [6.45, 7) is 4.41. The highest BCUT2D eigenvalue weighted by Gasteiger charge is 2.25. The number of likely N-dealkylation sites (N-methyl/N-ethyl adjacent to an activating group) is 1. The zero-order valence-electron chi connectivity index (χ0n) is 17.5. The maximum absolute atomic E-state index is 14.7. The maximum Gasteiger partial charge on any atom is 0.255 e. The molecule has 5 nitrogen and oxygen atoms in total. The summed E-state index contributed by atoms with van der Waals surface area (Å²) in [5, 5.41) is 2.77. The van der Waals surface area contributed by atoms with Gasteiger partial charge in [-0.3, -0.25) is 4.79 Å². The monoisotopic (exact) mass is 399 g/mol. The number of rotatable bonds is 8. The Balaban J connectivity index is 1.60. The quantitative estimate of drug-likeness (QED) is 0.669. The average Bonchev–Trinajstić information content (AvgIpc) is 3.19. The van der Waals surface area contributed by atoms with Crippen molar-refractivity contribution in [3.63, 3.8) is 0 Å². The Morgan fingerprint density at radius 3 is 2.62 bits per heavy atom. The molecule has 0 aliphatic carbocycles. The lowest BCUT2D eigenvalue weighted by molar-refractivity contribution is 0.102. The van der Waals surface area contributed by atoms with Crippen LogP contribution in [0.15, 0.2) is 42.5 Å². The first-order chi connectivity index (χ1) is 14.0. The number of hydrogen-bond acceptors (Lipinski definition) is 4. The Kier molecular flexibility index (Phi) is 7.09. The van der Waals surface area contributed by atoms with Crippen LogP contribution in [0.3, 0.4) is 0 Å². The Labute approximate surface area is 172 Å². The van der Waals surface area contributed by atoms with Gasteiger partial charge in [-0.15, -0.1) is 0 Å². The SMILES string of the molecule is CCCCOc1ccc(C(=O)Nc2ccc(N3CCC(N(C)C)C3)c(F)c2)cc1. The number of nitrogens with one attached hydrogen (secondary N) is 1. The second-order valence-electron chi connectivity index (χ2n) is 7.70. The molecule has 1 aliphatic rings. The number of carbonyl (C=O) groups excluding carboxylic acids is 1. The van der Waals surface area contributed by atoms with Crippen LogP contribution in [0, 0.1) is 5.82 Å². The molecule has 1 saturated heterocycles. The number of benzene rings is 2. The standard InChI is InChI=1S/C23H30FN3O2/c1-4-5-14-29-20-9-6-17(7-10-20)23(28)25-18-8-11-22(21(24)15-18)27-13-12-19(16-27)26(2)3/h6-11,15,19H,4-5,12-14,16H2,1-3H3,(H,25,28). The molecule has 0 radical (unpaired) electrons. The van der Waals surface area contributed by atoms with Crippen LogP contribution in [0.25, 0.3) is 0 Å². The minimum absolute atomic E-state index is 0.272. The smallest absolute Gasteiger partial charge is 0.255 e. The molecule has 6 heteroatoms. The molecule has 1 N–H and O–H groups in total. The van der Waals surface area contributed by atoms with E-state index in [1.54, 1.807) is 36.4 Å². The van der Waals surface area contributed by atoms with Gasteiger partial charge in [0, 0.05) is 30.4 Å². The molecule has 0 bridgehead atoms. The highest BCUT2D eigenvalue weighted by molar-refractivity contribution is 6.04. The van der Waals surface area contributed by atoms with E-state index in [1.807, 2.05) is 14.1 Å². The largest absolute Gasteiger partial charge is 0.494 e. The van der Waals surface area contributed by atoms with Crippen molar-refractivity contribution in [3.05, 3.63) is 53.8 Å². The molecule has 156 valence electrons. The van der Waals surface area contributed by atoms with Gasteiger partial charge in [-0.2, -0.15) is 0 Å². The van der Waals surface area contributed by atoms with Gasteiger partial charge in [-0.25, -0.2) is 4.39 Å². The van der Waals surface area contributed by atoms with Crippen LogP contribution in [-0.2, 0) is 0 Å². The molecule has 2 aromatic carbocycles. The van der Waals surface area contributed by atoms with Crippen molar-refractivity contribution in [3.8, 4) is 5.75 Å². The first-order valence-electron chi connectivity index (χ1n) is 10.2. The van der Waals surface area contributed by atoms with Crippen LogP contribution in [0.4, 0.5) is 15.8 Å². The fourth-order valence-corrected chi connectivity index (χ4v) is 3.46. The van der Waals surface area contributed by atoms with Gasteiger partial charge in [0.05, 0.1) is 12.3 Å². The van der Waals surface area contributed by atoms with E-state index in [-0.39, 0.29) is 11.7 Å². The van der Waals surface area contributed by atoms with Crippen LogP contribution in [-0.4, -0.2) is 50.6 Å². The summed E-state index contributed by atoms with van der Waals surface area (Å²) in [5.41, 5.74) is 1.54. The maximum atomic E-state index is 14.7. The van der Waals surface area contributed by atoms with Gasteiger partial charge in [0.25, 0.3) is 5.91 Å². The molecule has 0 spiro atoms. The van der Waals surface area contributed by atoms with E-state index < -0.39 is 0 Å². The van der Waals surface area contributed by atoms with E-state index >= 15 is 0 Å². The number of amides is 1. The van der Waals surface area contributed by atoms with Gasteiger partial charge in [-0.1, -0.05) is 13.3 Å². The first-order valence-corrected chi connectivity index (χ1v) is 10.2. The van der Waals surface area contributed by atoms with Gasteiger partial charge < -0.3 is 19.9 Å².